The van der Waals surface area contributed by atoms with Crippen molar-refractivity contribution in [3.8, 4) is 17.2 Å². The third kappa shape index (κ3) is 4.27. The average molecular weight is 438 g/mol. The van der Waals surface area contributed by atoms with Gasteiger partial charge in [0.25, 0.3) is 11.5 Å². The summed E-state index contributed by atoms with van der Waals surface area (Å²) in [4.78, 5) is 29.6. The van der Waals surface area contributed by atoms with Crippen molar-refractivity contribution in [3.63, 3.8) is 0 Å². The largest absolute Gasteiger partial charge is 0.497 e. The van der Waals surface area contributed by atoms with Crippen molar-refractivity contribution in [1.29, 1.82) is 0 Å². The molecule has 166 valence electrons. The van der Waals surface area contributed by atoms with Gasteiger partial charge in [0.2, 0.25) is 0 Å². The van der Waals surface area contributed by atoms with Crippen LogP contribution < -0.4 is 19.9 Å². The van der Waals surface area contributed by atoms with E-state index in [1.165, 1.54) is 37.4 Å². The summed E-state index contributed by atoms with van der Waals surface area (Å²) in [5.74, 6) is 0.140. The molecule has 0 unspecified atom stereocenters. The highest BCUT2D eigenvalue weighted by atomic mass is 19.1. The van der Waals surface area contributed by atoms with Gasteiger partial charge in [0.15, 0.2) is 11.4 Å². The van der Waals surface area contributed by atoms with Gasteiger partial charge >= 0.3 is 0 Å². The van der Waals surface area contributed by atoms with Crippen LogP contribution in [0.4, 0.5) is 10.1 Å². The molecule has 1 aliphatic heterocycles. The molecule has 0 N–H and O–H groups in total. The lowest BCUT2D eigenvalue weighted by Gasteiger charge is -2.36. The van der Waals surface area contributed by atoms with Crippen LogP contribution in [0.1, 0.15) is 10.5 Å². The van der Waals surface area contributed by atoms with Gasteiger partial charge < -0.3 is 19.3 Å². The van der Waals surface area contributed by atoms with Gasteiger partial charge in [0.05, 0.1) is 26.0 Å². The lowest BCUT2D eigenvalue weighted by atomic mass is 10.2. The van der Waals surface area contributed by atoms with Crippen LogP contribution in [0.2, 0.25) is 0 Å². The van der Waals surface area contributed by atoms with E-state index in [0.717, 1.165) is 16.1 Å². The predicted octanol–water partition coefficient (Wildman–Crippen LogP) is 2.35. The van der Waals surface area contributed by atoms with Gasteiger partial charge in [0, 0.05) is 31.9 Å². The molecule has 9 heteroatoms. The normalized spacial score (nSPS) is 13.7. The highest BCUT2D eigenvalue weighted by Crippen LogP contribution is 2.22. The van der Waals surface area contributed by atoms with E-state index in [9.17, 15) is 14.0 Å². The average Bonchev–Trinajstić information content (AvgIpc) is 2.84. The number of hydrogen-bond acceptors (Lipinski definition) is 6. The molecule has 1 aliphatic rings. The molecular formula is C23H23FN4O4. The minimum Gasteiger partial charge on any atom is -0.497 e. The zero-order chi connectivity index (χ0) is 22.7. The summed E-state index contributed by atoms with van der Waals surface area (Å²) in [6.45, 7) is 2.28. The van der Waals surface area contributed by atoms with E-state index >= 15 is 0 Å². The maximum Gasteiger partial charge on any atom is 0.278 e. The van der Waals surface area contributed by atoms with Gasteiger partial charge in [-0.15, -0.1) is 0 Å². The Kier molecular flexibility index (Phi) is 6.07. The van der Waals surface area contributed by atoms with Crippen LogP contribution in [0.3, 0.4) is 0 Å². The topological polar surface area (TPSA) is 76.9 Å². The van der Waals surface area contributed by atoms with Crippen LogP contribution in [0.25, 0.3) is 5.69 Å². The summed E-state index contributed by atoms with van der Waals surface area (Å²) in [7, 11) is 3.01. The fourth-order valence-electron chi connectivity index (χ4n) is 3.62. The van der Waals surface area contributed by atoms with E-state index < -0.39 is 11.4 Å². The Morgan fingerprint density at radius 3 is 2.12 bits per heavy atom. The number of carbonyl (C=O) groups excluding carboxylic acids is 1. The maximum atomic E-state index is 13.3. The van der Waals surface area contributed by atoms with Crippen LogP contribution in [0.5, 0.6) is 11.5 Å². The Hall–Kier alpha value is -3.88. The molecule has 32 heavy (non-hydrogen) atoms. The number of hydrogen-bond donors (Lipinski definition) is 0. The highest BCUT2D eigenvalue weighted by molar-refractivity contribution is 5.95. The lowest BCUT2D eigenvalue weighted by molar-refractivity contribution is 0.0734. The van der Waals surface area contributed by atoms with Gasteiger partial charge in [-0.25, -0.2) is 4.39 Å². The lowest BCUT2D eigenvalue weighted by Crippen LogP contribution is -2.49. The molecule has 8 nitrogen and oxygen atoms in total. The summed E-state index contributed by atoms with van der Waals surface area (Å²) in [5.41, 5.74) is 0.972. The van der Waals surface area contributed by atoms with E-state index in [0.29, 0.717) is 31.9 Å². The maximum absolute atomic E-state index is 13.3. The van der Waals surface area contributed by atoms with Crippen molar-refractivity contribution in [2.24, 2.45) is 0 Å². The Morgan fingerprint density at radius 2 is 1.53 bits per heavy atom. The number of piperazine rings is 1. The van der Waals surface area contributed by atoms with E-state index in [1.54, 1.807) is 12.0 Å². The second-order valence-corrected chi connectivity index (χ2v) is 7.27. The van der Waals surface area contributed by atoms with Crippen LogP contribution in [-0.2, 0) is 0 Å². The third-order valence-electron chi connectivity index (χ3n) is 5.39. The summed E-state index contributed by atoms with van der Waals surface area (Å²) >= 11 is 0. The first kappa shape index (κ1) is 21.4. The molecule has 1 amide bonds. The Balaban J connectivity index is 1.54. The van der Waals surface area contributed by atoms with Crippen LogP contribution >= 0.6 is 0 Å². The third-order valence-corrected chi connectivity index (χ3v) is 5.39. The number of halogens is 1. The molecule has 2 heterocycles. The quantitative estimate of drug-likeness (QED) is 0.609. The molecule has 0 radical (unpaired) electrons. The number of methoxy groups -OCH3 is 2. The van der Waals surface area contributed by atoms with Gasteiger partial charge in [-0.05, 0) is 48.5 Å². The molecule has 1 fully saturated rings. The zero-order valence-corrected chi connectivity index (χ0v) is 17.8. The number of carbonyl (C=O) groups is 1. The molecule has 1 aromatic heterocycles. The molecule has 0 spiro atoms. The molecule has 0 aliphatic carbocycles. The minimum atomic E-state index is -0.477. The Morgan fingerprint density at radius 1 is 0.906 bits per heavy atom. The summed E-state index contributed by atoms with van der Waals surface area (Å²) in [6.07, 6.45) is 0. The second-order valence-electron chi connectivity index (χ2n) is 7.27. The van der Waals surface area contributed by atoms with Crippen LogP contribution in [-0.4, -0.2) is 61.0 Å². The first-order valence-electron chi connectivity index (χ1n) is 10.1. The van der Waals surface area contributed by atoms with Crippen molar-refractivity contribution >= 4 is 11.6 Å². The van der Waals surface area contributed by atoms with Gasteiger partial charge in [-0.3, -0.25) is 9.59 Å². The number of nitrogens with zero attached hydrogens (tertiary/aromatic N) is 4. The number of aromatic nitrogens is 2. The smallest absolute Gasteiger partial charge is 0.278 e. The molecule has 1 saturated heterocycles. The number of benzene rings is 2. The number of anilines is 1. The van der Waals surface area contributed by atoms with Crippen molar-refractivity contribution in [3.05, 3.63) is 76.5 Å². The van der Waals surface area contributed by atoms with Gasteiger partial charge in [0.1, 0.15) is 11.6 Å². The van der Waals surface area contributed by atoms with Crippen molar-refractivity contribution in [1.82, 2.24) is 14.7 Å². The molecule has 0 saturated carbocycles. The van der Waals surface area contributed by atoms with Gasteiger partial charge in [-0.1, -0.05) is 0 Å². The SMILES string of the molecule is COc1ccc(N2CCN(C(=O)c3nn(-c4ccc(F)cc4)c(=O)cc3OC)CC2)cc1. The second kappa shape index (κ2) is 9.09. The van der Waals surface area contributed by atoms with E-state index in [2.05, 4.69) is 10.00 Å². The summed E-state index contributed by atoms with van der Waals surface area (Å²) < 4.78 is 24.8. The number of ether oxygens (including phenoxy) is 2. The molecule has 2 aromatic carbocycles. The van der Waals surface area contributed by atoms with Crippen LogP contribution in [0.15, 0.2) is 59.4 Å². The monoisotopic (exact) mass is 438 g/mol. The Bertz CT molecular complexity index is 1150. The molecule has 0 atom stereocenters. The minimum absolute atomic E-state index is 0.0364. The number of rotatable bonds is 5. The van der Waals surface area contributed by atoms with E-state index in [1.807, 2.05) is 24.3 Å². The van der Waals surface area contributed by atoms with Crippen LogP contribution in [0, 0.1) is 5.82 Å². The summed E-state index contributed by atoms with van der Waals surface area (Å²) in [5, 5.41) is 4.25. The molecule has 0 bridgehead atoms. The first-order chi connectivity index (χ1) is 15.5. The zero-order valence-electron chi connectivity index (χ0n) is 17.8. The fraction of sp³-hybridized carbons (Fsp3) is 0.261. The standard InChI is InChI=1S/C23H23FN4O4/c1-31-19-9-7-17(8-10-19)26-11-13-27(14-12-26)23(30)22-20(32-2)15-21(29)28(25-22)18-5-3-16(24)4-6-18/h3-10,15H,11-14H2,1-2H3. The van der Waals surface area contributed by atoms with Crippen molar-refractivity contribution < 1.29 is 18.7 Å². The summed E-state index contributed by atoms with van der Waals surface area (Å²) in [6, 6.07) is 14.3. The van der Waals surface area contributed by atoms with E-state index in [4.69, 9.17) is 9.47 Å². The molecule has 4 rings (SSSR count). The van der Waals surface area contributed by atoms with Gasteiger partial charge in [-0.2, -0.15) is 9.78 Å². The first-order valence-corrected chi connectivity index (χ1v) is 10.1. The van der Waals surface area contributed by atoms with Crippen molar-refractivity contribution in [2.75, 3.05) is 45.3 Å². The van der Waals surface area contributed by atoms with Crippen molar-refractivity contribution in [2.45, 2.75) is 0 Å². The highest BCUT2D eigenvalue weighted by Gasteiger charge is 2.27. The molecular weight excluding hydrogens is 415 g/mol. The molecule has 3 aromatic rings. The fourth-order valence-corrected chi connectivity index (χ4v) is 3.62. The number of amides is 1. The Labute approximate surface area is 184 Å². The predicted molar refractivity (Wildman–Crippen MR) is 117 cm³/mol. The van der Waals surface area contributed by atoms with E-state index in [-0.39, 0.29) is 17.4 Å².